The quantitative estimate of drug-likeness (QED) is 0.671. The molecule has 0 saturated heterocycles. The number of carbonyl (C=O) groups is 3. The molecular weight excluding hydrogens is 332 g/mol. The molecule has 2 atom stereocenters. The molecule has 0 aromatic heterocycles. The van der Waals surface area contributed by atoms with Gasteiger partial charge >= 0.3 is 0 Å². The van der Waals surface area contributed by atoms with Crippen LogP contribution in [0, 0.1) is 5.92 Å². The second-order valence-corrected chi connectivity index (χ2v) is 7.83. The summed E-state index contributed by atoms with van der Waals surface area (Å²) in [4.78, 5) is 35.6. The van der Waals surface area contributed by atoms with E-state index in [1.165, 1.54) is 19.3 Å². The smallest absolute Gasteiger partial charge is 0.240 e. The molecule has 7 heteroatoms. The fraction of sp³-hybridized carbons (Fsp3) is 0.789. The maximum Gasteiger partial charge on any atom is 0.240 e. The third kappa shape index (κ3) is 5.54. The average molecular weight is 362 g/mol. The molecule has 1 aliphatic heterocycles. The molecule has 2 aliphatic carbocycles. The van der Waals surface area contributed by atoms with Gasteiger partial charge in [0.05, 0.1) is 0 Å². The van der Waals surface area contributed by atoms with Crippen LogP contribution in [-0.2, 0) is 14.4 Å². The van der Waals surface area contributed by atoms with Crippen molar-refractivity contribution in [1.82, 2.24) is 16.1 Å². The number of carbonyl (C=O) groups excluding carboxylic acids is 3. The molecule has 1 heterocycles. The first-order valence-electron chi connectivity index (χ1n) is 10.0. The molecule has 0 spiro atoms. The predicted molar refractivity (Wildman–Crippen MR) is 98.3 cm³/mol. The second-order valence-electron chi connectivity index (χ2n) is 7.83. The highest BCUT2D eigenvalue weighted by Gasteiger charge is 2.31. The van der Waals surface area contributed by atoms with Crippen molar-refractivity contribution in [2.45, 2.75) is 89.1 Å². The lowest BCUT2D eigenvalue weighted by atomic mass is 9.94. The SMILES string of the molecule is O=C1CCC(CCC(=O)N[C@@H]2CC[C@H](C(=O)NC3CCCCC3)C2)=NN1. The van der Waals surface area contributed by atoms with Crippen molar-refractivity contribution >= 4 is 23.4 Å². The second kappa shape index (κ2) is 9.14. The van der Waals surface area contributed by atoms with Crippen molar-refractivity contribution in [3.63, 3.8) is 0 Å². The van der Waals surface area contributed by atoms with E-state index in [4.69, 9.17) is 0 Å². The topological polar surface area (TPSA) is 99.7 Å². The van der Waals surface area contributed by atoms with Gasteiger partial charge in [-0.1, -0.05) is 19.3 Å². The lowest BCUT2D eigenvalue weighted by Crippen LogP contribution is -2.40. The van der Waals surface area contributed by atoms with Crippen molar-refractivity contribution in [2.75, 3.05) is 0 Å². The molecule has 0 aromatic carbocycles. The van der Waals surface area contributed by atoms with E-state index in [1.807, 2.05) is 0 Å². The van der Waals surface area contributed by atoms with Gasteiger partial charge in [0.2, 0.25) is 17.7 Å². The van der Waals surface area contributed by atoms with E-state index in [0.717, 1.165) is 37.8 Å². The highest BCUT2D eigenvalue weighted by Crippen LogP contribution is 2.27. The maximum atomic E-state index is 12.4. The first kappa shape index (κ1) is 18.9. The van der Waals surface area contributed by atoms with Gasteiger partial charge in [0.25, 0.3) is 0 Å². The van der Waals surface area contributed by atoms with Gasteiger partial charge in [0.1, 0.15) is 0 Å². The molecular formula is C19H30N4O3. The van der Waals surface area contributed by atoms with E-state index in [0.29, 0.717) is 31.7 Å². The van der Waals surface area contributed by atoms with E-state index in [1.54, 1.807) is 0 Å². The number of amides is 3. The highest BCUT2D eigenvalue weighted by atomic mass is 16.2. The van der Waals surface area contributed by atoms with E-state index >= 15 is 0 Å². The van der Waals surface area contributed by atoms with Crippen molar-refractivity contribution in [3.8, 4) is 0 Å². The maximum absolute atomic E-state index is 12.4. The van der Waals surface area contributed by atoms with Gasteiger partial charge in [-0.2, -0.15) is 5.10 Å². The number of hydrazone groups is 1. The molecule has 0 aromatic rings. The summed E-state index contributed by atoms with van der Waals surface area (Å²) in [7, 11) is 0. The monoisotopic (exact) mass is 362 g/mol. The van der Waals surface area contributed by atoms with Crippen LogP contribution in [0.5, 0.6) is 0 Å². The lowest BCUT2D eigenvalue weighted by Gasteiger charge is -2.24. The molecule has 2 saturated carbocycles. The zero-order valence-electron chi connectivity index (χ0n) is 15.4. The van der Waals surface area contributed by atoms with E-state index < -0.39 is 0 Å². The third-order valence-electron chi connectivity index (χ3n) is 5.74. The Morgan fingerprint density at radius 1 is 1.00 bits per heavy atom. The van der Waals surface area contributed by atoms with E-state index in [9.17, 15) is 14.4 Å². The average Bonchev–Trinajstić information content (AvgIpc) is 3.11. The van der Waals surface area contributed by atoms with Gasteiger partial charge in [-0.15, -0.1) is 0 Å². The van der Waals surface area contributed by atoms with Gasteiger partial charge in [-0.3, -0.25) is 14.4 Å². The zero-order chi connectivity index (χ0) is 18.4. The summed E-state index contributed by atoms with van der Waals surface area (Å²) in [6.07, 6.45) is 10.4. The summed E-state index contributed by atoms with van der Waals surface area (Å²) < 4.78 is 0. The summed E-state index contributed by atoms with van der Waals surface area (Å²) in [5.41, 5.74) is 3.32. The standard InChI is InChI=1S/C19H30N4O3/c24-17(10-8-15-9-11-18(25)23-22-15)20-16-7-6-13(12-16)19(26)21-14-4-2-1-3-5-14/h13-14,16H,1-12H2,(H,20,24)(H,21,26)(H,23,25)/t13-,16+/m0/s1. The Morgan fingerprint density at radius 2 is 1.81 bits per heavy atom. The van der Waals surface area contributed by atoms with Crippen LogP contribution in [0.25, 0.3) is 0 Å². The minimum atomic E-state index is -0.0679. The first-order chi connectivity index (χ1) is 12.6. The predicted octanol–water partition coefficient (Wildman–Crippen LogP) is 1.77. The number of nitrogens with zero attached hydrogens (tertiary/aromatic N) is 1. The molecule has 0 unspecified atom stereocenters. The van der Waals surface area contributed by atoms with Crippen LogP contribution in [0.4, 0.5) is 0 Å². The summed E-state index contributed by atoms with van der Waals surface area (Å²) in [6.45, 7) is 0. The van der Waals surface area contributed by atoms with Crippen LogP contribution in [0.3, 0.4) is 0 Å². The Kier molecular flexibility index (Phi) is 6.63. The van der Waals surface area contributed by atoms with Crippen molar-refractivity contribution in [3.05, 3.63) is 0 Å². The fourth-order valence-corrected chi connectivity index (χ4v) is 4.17. The molecule has 7 nitrogen and oxygen atoms in total. The van der Waals surface area contributed by atoms with Crippen LogP contribution in [-0.4, -0.2) is 35.5 Å². The molecule has 26 heavy (non-hydrogen) atoms. The summed E-state index contributed by atoms with van der Waals surface area (Å²) in [5, 5.41) is 10.2. The van der Waals surface area contributed by atoms with Gasteiger partial charge < -0.3 is 10.6 Å². The summed E-state index contributed by atoms with van der Waals surface area (Å²) in [6, 6.07) is 0.444. The van der Waals surface area contributed by atoms with E-state index in [2.05, 4.69) is 21.2 Å². The number of hydrogen-bond acceptors (Lipinski definition) is 4. The van der Waals surface area contributed by atoms with E-state index in [-0.39, 0.29) is 29.7 Å². The number of hydrogen-bond donors (Lipinski definition) is 3. The summed E-state index contributed by atoms with van der Waals surface area (Å²) >= 11 is 0. The normalized spacial score (nSPS) is 26.8. The zero-order valence-corrected chi connectivity index (χ0v) is 15.4. The van der Waals surface area contributed by atoms with Gasteiger partial charge in [0, 0.05) is 36.6 Å². The Morgan fingerprint density at radius 3 is 2.54 bits per heavy atom. The fourth-order valence-electron chi connectivity index (χ4n) is 4.17. The molecule has 0 radical (unpaired) electrons. The number of rotatable bonds is 6. The highest BCUT2D eigenvalue weighted by molar-refractivity contribution is 5.94. The minimum absolute atomic E-state index is 0.00272. The molecule has 144 valence electrons. The number of nitrogens with one attached hydrogen (secondary N) is 3. The van der Waals surface area contributed by atoms with Gasteiger partial charge in [-0.05, 0) is 44.9 Å². The summed E-state index contributed by atoms with van der Waals surface area (Å²) in [5.74, 6) is 0.130. The van der Waals surface area contributed by atoms with Crippen LogP contribution >= 0.6 is 0 Å². The molecule has 3 aliphatic rings. The Labute approximate surface area is 154 Å². The van der Waals surface area contributed by atoms with Crippen LogP contribution in [0.1, 0.15) is 77.0 Å². The Balaban J connectivity index is 1.35. The minimum Gasteiger partial charge on any atom is -0.353 e. The lowest BCUT2D eigenvalue weighted by molar-refractivity contribution is -0.126. The van der Waals surface area contributed by atoms with Crippen molar-refractivity contribution in [2.24, 2.45) is 11.0 Å². The van der Waals surface area contributed by atoms with Gasteiger partial charge in [-0.25, -0.2) is 5.43 Å². The Hall–Kier alpha value is -1.92. The third-order valence-corrected chi connectivity index (χ3v) is 5.74. The van der Waals surface area contributed by atoms with Crippen molar-refractivity contribution in [1.29, 1.82) is 0 Å². The molecule has 2 fully saturated rings. The van der Waals surface area contributed by atoms with Crippen LogP contribution in [0.2, 0.25) is 0 Å². The first-order valence-corrected chi connectivity index (χ1v) is 10.0. The molecule has 3 rings (SSSR count). The largest absolute Gasteiger partial charge is 0.353 e. The molecule has 3 amide bonds. The van der Waals surface area contributed by atoms with Crippen LogP contribution < -0.4 is 16.1 Å². The van der Waals surface area contributed by atoms with Gasteiger partial charge in [0.15, 0.2) is 0 Å². The Bertz CT molecular complexity index is 569. The van der Waals surface area contributed by atoms with Crippen LogP contribution in [0.15, 0.2) is 5.10 Å². The molecule has 0 bridgehead atoms. The molecule has 3 N–H and O–H groups in total. The van der Waals surface area contributed by atoms with Crippen molar-refractivity contribution < 1.29 is 14.4 Å².